The molecule has 18 heavy (non-hydrogen) atoms. The molecule has 1 aromatic carbocycles. The Morgan fingerprint density at radius 2 is 2.06 bits per heavy atom. The van der Waals surface area contributed by atoms with Crippen LogP contribution in [-0.2, 0) is 4.79 Å². The maximum Gasteiger partial charge on any atom is 0.239 e. The van der Waals surface area contributed by atoms with E-state index in [1.165, 1.54) is 12.1 Å². The van der Waals surface area contributed by atoms with Crippen LogP contribution in [0.25, 0.3) is 0 Å². The molecule has 4 nitrogen and oxygen atoms in total. The lowest BCUT2D eigenvalue weighted by Crippen LogP contribution is -2.43. The summed E-state index contributed by atoms with van der Waals surface area (Å²) < 4.78 is 13.1. The normalized spacial score (nSPS) is 10.6. The highest BCUT2D eigenvalue weighted by molar-refractivity contribution is 5.81. The SMILES string of the molecule is CC(C)(C)NC(=O)CNc1cc(F)cc(C#N)c1. The monoisotopic (exact) mass is 249 g/mol. The largest absolute Gasteiger partial charge is 0.376 e. The van der Waals surface area contributed by atoms with Gasteiger partial charge in [0.15, 0.2) is 0 Å². The Bertz CT molecular complexity index is 486. The molecule has 0 saturated heterocycles. The first-order chi connectivity index (χ1) is 8.30. The Morgan fingerprint density at radius 3 is 2.61 bits per heavy atom. The van der Waals surface area contributed by atoms with Gasteiger partial charge in [0.2, 0.25) is 5.91 Å². The van der Waals surface area contributed by atoms with Gasteiger partial charge >= 0.3 is 0 Å². The van der Waals surface area contributed by atoms with Crippen LogP contribution in [0.3, 0.4) is 0 Å². The Hall–Kier alpha value is -2.09. The number of amides is 1. The molecule has 1 rings (SSSR count). The van der Waals surface area contributed by atoms with Crippen molar-refractivity contribution in [3.05, 3.63) is 29.6 Å². The van der Waals surface area contributed by atoms with Crippen LogP contribution in [0, 0.1) is 17.1 Å². The molecule has 0 spiro atoms. The van der Waals surface area contributed by atoms with Gasteiger partial charge in [-0.25, -0.2) is 4.39 Å². The van der Waals surface area contributed by atoms with E-state index in [1.54, 1.807) is 0 Å². The van der Waals surface area contributed by atoms with Crippen LogP contribution in [0.4, 0.5) is 10.1 Å². The predicted octanol–water partition coefficient (Wildman–Crippen LogP) is 2.02. The van der Waals surface area contributed by atoms with Gasteiger partial charge in [-0.3, -0.25) is 4.79 Å². The fraction of sp³-hybridized carbons (Fsp3) is 0.385. The second-order valence-corrected chi connectivity index (χ2v) is 4.99. The first-order valence-electron chi connectivity index (χ1n) is 5.56. The van der Waals surface area contributed by atoms with E-state index in [0.717, 1.165) is 6.07 Å². The maximum absolute atomic E-state index is 13.1. The number of benzene rings is 1. The van der Waals surface area contributed by atoms with Crippen LogP contribution in [0.1, 0.15) is 26.3 Å². The minimum absolute atomic E-state index is 0.0333. The number of nitriles is 1. The highest BCUT2D eigenvalue weighted by Gasteiger charge is 2.13. The van der Waals surface area contributed by atoms with Crippen LogP contribution in [-0.4, -0.2) is 18.0 Å². The topological polar surface area (TPSA) is 64.9 Å². The van der Waals surface area contributed by atoms with Crippen molar-refractivity contribution in [3.8, 4) is 6.07 Å². The van der Waals surface area contributed by atoms with E-state index in [9.17, 15) is 9.18 Å². The number of hydrogen-bond donors (Lipinski definition) is 2. The number of hydrogen-bond acceptors (Lipinski definition) is 3. The fourth-order valence-corrected chi connectivity index (χ4v) is 1.40. The van der Waals surface area contributed by atoms with Gasteiger partial charge in [0.25, 0.3) is 0 Å². The predicted molar refractivity (Wildman–Crippen MR) is 67.5 cm³/mol. The van der Waals surface area contributed by atoms with Crippen molar-refractivity contribution in [2.75, 3.05) is 11.9 Å². The third-order valence-corrected chi connectivity index (χ3v) is 1.99. The number of rotatable bonds is 3. The Morgan fingerprint density at radius 1 is 1.39 bits per heavy atom. The molecule has 0 radical (unpaired) electrons. The van der Waals surface area contributed by atoms with Gasteiger partial charge in [-0.15, -0.1) is 0 Å². The zero-order valence-corrected chi connectivity index (χ0v) is 10.7. The Labute approximate surface area is 106 Å². The Balaban J connectivity index is 2.62. The molecule has 0 heterocycles. The molecular formula is C13H16FN3O. The van der Waals surface area contributed by atoms with Gasteiger partial charge in [-0.05, 0) is 39.0 Å². The number of nitrogens with zero attached hydrogens (tertiary/aromatic N) is 1. The Kier molecular flexibility index (Phi) is 4.27. The van der Waals surface area contributed by atoms with E-state index in [4.69, 9.17) is 5.26 Å². The molecule has 0 bridgehead atoms. The third kappa shape index (κ3) is 4.83. The lowest BCUT2D eigenvalue weighted by Gasteiger charge is -2.20. The summed E-state index contributed by atoms with van der Waals surface area (Å²) in [7, 11) is 0. The van der Waals surface area contributed by atoms with E-state index >= 15 is 0 Å². The summed E-state index contributed by atoms with van der Waals surface area (Å²) in [5, 5.41) is 14.2. The van der Waals surface area contributed by atoms with Crippen LogP contribution >= 0.6 is 0 Å². The molecular weight excluding hydrogens is 233 g/mol. The molecule has 1 amide bonds. The van der Waals surface area contributed by atoms with Gasteiger partial charge in [0.05, 0.1) is 18.2 Å². The van der Waals surface area contributed by atoms with Crippen LogP contribution in [0.5, 0.6) is 0 Å². The molecule has 96 valence electrons. The van der Waals surface area contributed by atoms with E-state index in [0.29, 0.717) is 5.69 Å². The average molecular weight is 249 g/mol. The lowest BCUT2D eigenvalue weighted by atomic mass is 10.1. The standard InChI is InChI=1S/C13H16FN3O/c1-13(2,3)17-12(18)8-16-11-5-9(7-15)4-10(14)6-11/h4-6,16H,8H2,1-3H3,(H,17,18). The summed E-state index contributed by atoms with van der Waals surface area (Å²) in [5.74, 6) is -0.696. The van der Waals surface area contributed by atoms with Crippen molar-refractivity contribution >= 4 is 11.6 Å². The summed E-state index contributed by atoms with van der Waals surface area (Å²) in [6.45, 7) is 5.66. The van der Waals surface area contributed by atoms with Gasteiger partial charge in [0, 0.05) is 11.2 Å². The number of anilines is 1. The second kappa shape index (κ2) is 5.50. The molecule has 0 unspecified atom stereocenters. The van der Waals surface area contributed by atoms with Gasteiger partial charge in [-0.1, -0.05) is 0 Å². The van der Waals surface area contributed by atoms with Gasteiger partial charge < -0.3 is 10.6 Å². The molecule has 0 aliphatic rings. The van der Waals surface area contributed by atoms with Crippen molar-refractivity contribution in [1.29, 1.82) is 5.26 Å². The summed E-state index contributed by atoms with van der Waals surface area (Å²) >= 11 is 0. The zero-order chi connectivity index (χ0) is 13.8. The minimum Gasteiger partial charge on any atom is -0.376 e. The highest BCUT2D eigenvalue weighted by Crippen LogP contribution is 2.13. The van der Waals surface area contributed by atoms with E-state index in [-0.39, 0.29) is 23.6 Å². The van der Waals surface area contributed by atoms with Crippen molar-refractivity contribution in [2.45, 2.75) is 26.3 Å². The molecule has 0 aromatic heterocycles. The molecule has 1 aromatic rings. The third-order valence-electron chi connectivity index (χ3n) is 1.99. The molecule has 0 fully saturated rings. The second-order valence-electron chi connectivity index (χ2n) is 4.99. The van der Waals surface area contributed by atoms with Crippen LogP contribution < -0.4 is 10.6 Å². The van der Waals surface area contributed by atoms with Crippen LogP contribution in [0.15, 0.2) is 18.2 Å². The van der Waals surface area contributed by atoms with Crippen molar-refractivity contribution < 1.29 is 9.18 Å². The van der Waals surface area contributed by atoms with E-state index < -0.39 is 5.82 Å². The summed E-state index contributed by atoms with van der Waals surface area (Å²) in [6.07, 6.45) is 0. The number of carbonyl (C=O) groups excluding carboxylic acids is 1. The zero-order valence-electron chi connectivity index (χ0n) is 10.7. The van der Waals surface area contributed by atoms with Crippen molar-refractivity contribution in [1.82, 2.24) is 5.32 Å². The number of halogens is 1. The maximum atomic E-state index is 13.1. The summed E-state index contributed by atoms with van der Waals surface area (Å²) in [4.78, 5) is 11.5. The molecule has 0 saturated carbocycles. The fourth-order valence-electron chi connectivity index (χ4n) is 1.40. The van der Waals surface area contributed by atoms with Gasteiger partial charge in [0.1, 0.15) is 5.82 Å². The number of nitrogens with one attached hydrogen (secondary N) is 2. The smallest absolute Gasteiger partial charge is 0.239 e. The molecule has 0 aliphatic carbocycles. The molecule has 0 aliphatic heterocycles. The first kappa shape index (κ1) is 14.0. The summed E-state index contributed by atoms with van der Waals surface area (Å²) in [6, 6.07) is 5.73. The quantitative estimate of drug-likeness (QED) is 0.861. The van der Waals surface area contributed by atoms with E-state index in [1.807, 2.05) is 26.8 Å². The van der Waals surface area contributed by atoms with Crippen molar-refractivity contribution in [3.63, 3.8) is 0 Å². The first-order valence-corrected chi connectivity index (χ1v) is 5.56. The van der Waals surface area contributed by atoms with E-state index in [2.05, 4.69) is 10.6 Å². The van der Waals surface area contributed by atoms with Crippen LogP contribution in [0.2, 0.25) is 0 Å². The average Bonchev–Trinajstić information content (AvgIpc) is 2.23. The van der Waals surface area contributed by atoms with Gasteiger partial charge in [-0.2, -0.15) is 5.26 Å². The lowest BCUT2D eigenvalue weighted by molar-refractivity contribution is -0.120. The number of carbonyl (C=O) groups is 1. The molecule has 2 N–H and O–H groups in total. The minimum atomic E-state index is -0.507. The molecule has 5 heteroatoms. The highest BCUT2D eigenvalue weighted by atomic mass is 19.1. The summed E-state index contributed by atoms with van der Waals surface area (Å²) in [5.41, 5.74) is 0.322. The van der Waals surface area contributed by atoms with Crippen molar-refractivity contribution in [2.24, 2.45) is 0 Å². The molecule has 0 atom stereocenters.